The Morgan fingerprint density at radius 1 is 1.07 bits per heavy atom. The van der Waals surface area contributed by atoms with E-state index in [1.54, 1.807) is 24.5 Å². The van der Waals surface area contributed by atoms with Gasteiger partial charge in [-0.3, -0.25) is 9.89 Å². The highest BCUT2D eigenvalue weighted by Gasteiger charge is 2.41. The lowest BCUT2D eigenvalue weighted by Crippen LogP contribution is -2.58. The molecule has 1 aliphatic heterocycles. The summed E-state index contributed by atoms with van der Waals surface area (Å²) in [6.07, 6.45) is 6.36. The number of aromatic hydroxyl groups is 1. The van der Waals surface area contributed by atoms with Crippen LogP contribution in [0.4, 0.5) is 0 Å². The first-order chi connectivity index (χ1) is 14.1. The molecule has 30 heavy (non-hydrogen) atoms. The van der Waals surface area contributed by atoms with Crippen molar-refractivity contribution in [3.8, 4) is 28.1 Å². The van der Waals surface area contributed by atoms with Gasteiger partial charge in [-0.1, -0.05) is 6.07 Å². The highest BCUT2D eigenvalue weighted by Crippen LogP contribution is 2.35. The monoisotopic (exact) mass is 406 g/mol. The standard InChI is InChI=1S/C22H26N6O2/c1-21(2)8-14(9-22(3,4)28-21)19(30)20-23-12-17(26-27-20)16-6-5-13(7-18(16)29)15-10-24-25-11-15/h5-7,10-12,14,28-29H,8-9H2,1-4H3,(H,24,25). The lowest BCUT2D eigenvalue weighted by molar-refractivity contribution is 0.0724. The first kappa shape index (κ1) is 20.2. The van der Waals surface area contributed by atoms with Crippen molar-refractivity contribution in [2.45, 2.75) is 51.6 Å². The molecule has 0 saturated carbocycles. The van der Waals surface area contributed by atoms with E-state index < -0.39 is 0 Å². The third-order valence-electron chi connectivity index (χ3n) is 5.45. The molecule has 1 aliphatic rings. The number of ketones is 1. The number of phenols is 1. The van der Waals surface area contributed by atoms with Crippen LogP contribution in [0.15, 0.2) is 36.8 Å². The van der Waals surface area contributed by atoms with Crippen molar-refractivity contribution >= 4 is 5.78 Å². The minimum absolute atomic E-state index is 0.0609. The van der Waals surface area contributed by atoms with Gasteiger partial charge in [0.1, 0.15) is 11.4 Å². The number of benzene rings is 1. The molecule has 1 saturated heterocycles. The Bertz CT molecular complexity index is 1040. The number of Topliss-reactive ketones (excluding diaryl/α,β-unsaturated/α-hetero) is 1. The van der Waals surface area contributed by atoms with E-state index >= 15 is 0 Å². The average Bonchev–Trinajstić information content (AvgIpc) is 3.20. The molecule has 4 rings (SSSR count). The van der Waals surface area contributed by atoms with Crippen LogP contribution in [-0.4, -0.2) is 47.3 Å². The van der Waals surface area contributed by atoms with Gasteiger partial charge in [0.25, 0.3) is 0 Å². The van der Waals surface area contributed by atoms with Gasteiger partial charge in [0, 0.05) is 34.3 Å². The first-order valence-corrected chi connectivity index (χ1v) is 9.99. The summed E-state index contributed by atoms with van der Waals surface area (Å²) < 4.78 is 0. The van der Waals surface area contributed by atoms with Crippen LogP contribution in [0, 0.1) is 5.92 Å². The second kappa shape index (κ2) is 7.28. The maximum absolute atomic E-state index is 13.0. The Hall–Kier alpha value is -3.13. The Morgan fingerprint density at radius 3 is 2.37 bits per heavy atom. The summed E-state index contributed by atoms with van der Waals surface area (Å²) >= 11 is 0. The quantitative estimate of drug-likeness (QED) is 0.569. The molecule has 156 valence electrons. The van der Waals surface area contributed by atoms with Crippen LogP contribution in [0.25, 0.3) is 22.4 Å². The molecular formula is C22H26N6O2. The fourth-order valence-corrected chi connectivity index (χ4v) is 4.54. The molecule has 1 fully saturated rings. The Balaban J connectivity index is 1.55. The highest BCUT2D eigenvalue weighted by molar-refractivity contribution is 5.94. The number of carbonyl (C=O) groups excluding carboxylic acids is 1. The Labute approximate surface area is 175 Å². The molecule has 3 heterocycles. The van der Waals surface area contributed by atoms with E-state index in [4.69, 9.17) is 0 Å². The number of carbonyl (C=O) groups is 1. The van der Waals surface area contributed by atoms with Crippen molar-refractivity contribution < 1.29 is 9.90 Å². The maximum Gasteiger partial charge on any atom is 0.218 e. The van der Waals surface area contributed by atoms with Crippen LogP contribution in [0.1, 0.15) is 51.2 Å². The first-order valence-electron chi connectivity index (χ1n) is 9.99. The van der Waals surface area contributed by atoms with Crippen LogP contribution < -0.4 is 5.32 Å². The van der Waals surface area contributed by atoms with Gasteiger partial charge >= 0.3 is 0 Å². The molecule has 0 spiro atoms. The largest absolute Gasteiger partial charge is 0.507 e. The van der Waals surface area contributed by atoms with Gasteiger partial charge in [-0.2, -0.15) is 5.10 Å². The predicted octanol–water partition coefficient (Wildman–Crippen LogP) is 3.37. The molecule has 0 unspecified atom stereocenters. The molecule has 0 radical (unpaired) electrons. The van der Waals surface area contributed by atoms with Crippen molar-refractivity contribution in [1.29, 1.82) is 0 Å². The van der Waals surface area contributed by atoms with Crippen molar-refractivity contribution in [2.75, 3.05) is 0 Å². The number of hydrogen-bond acceptors (Lipinski definition) is 7. The van der Waals surface area contributed by atoms with Gasteiger partial charge in [-0.15, -0.1) is 10.2 Å². The summed E-state index contributed by atoms with van der Waals surface area (Å²) in [7, 11) is 0. The molecule has 0 bridgehead atoms. The van der Waals surface area contributed by atoms with Gasteiger partial charge < -0.3 is 10.4 Å². The second-order valence-corrected chi connectivity index (χ2v) is 9.25. The number of H-pyrrole nitrogens is 1. The average molecular weight is 406 g/mol. The zero-order chi connectivity index (χ0) is 21.5. The van der Waals surface area contributed by atoms with E-state index in [1.807, 2.05) is 6.07 Å². The zero-order valence-electron chi connectivity index (χ0n) is 17.6. The molecule has 3 aromatic rings. The normalized spacial score (nSPS) is 18.3. The highest BCUT2D eigenvalue weighted by atomic mass is 16.3. The zero-order valence-corrected chi connectivity index (χ0v) is 17.6. The SMILES string of the molecule is CC1(C)CC(C(=O)c2ncc(-c3ccc(-c4cn[nH]c4)cc3O)nn2)CC(C)(C)N1. The van der Waals surface area contributed by atoms with Crippen LogP contribution in [0.3, 0.4) is 0 Å². The number of phenolic OH excluding ortho intramolecular Hbond substituents is 1. The van der Waals surface area contributed by atoms with Crippen molar-refractivity contribution in [3.05, 3.63) is 42.6 Å². The van der Waals surface area contributed by atoms with E-state index in [9.17, 15) is 9.90 Å². The van der Waals surface area contributed by atoms with E-state index in [0.29, 0.717) is 11.3 Å². The fourth-order valence-electron chi connectivity index (χ4n) is 4.54. The minimum Gasteiger partial charge on any atom is -0.507 e. The topological polar surface area (TPSA) is 117 Å². The molecule has 0 amide bonds. The van der Waals surface area contributed by atoms with Gasteiger partial charge in [0.15, 0.2) is 0 Å². The Kier molecular flexibility index (Phi) is 4.89. The molecule has 0 atom stereocenters. The fraction of sp³-hybridized carbons (Fsp3) is 0.409. The number of aromatic nitrogens is 5. The van der Waals surface area contributed by atoms with E-state index in [-0.39, 0.29) is 34.4 Å². The van der Waals surface area contributed by atoms with Crippen molar-refractivity contribution in [3.63, 3.8) is 0 Å². The molecule has 8 heteroatoms. The number of nitrogens with one attached hydrogen (secondary N) is 2. The summed E-state index contributed by atoms with van der Waals surface area (Å²) in [4.78, 5) is 17.3. The third kappa shape index (κ3) is 4.09. The van der Waals surface area contributed by atoms with E-state index in [0.717, 1.165) is 24.0 Å². The molecule has 0 aliphatic carbocycles. The summed E-state index contributed by atoms with van der Waals surface area (Å²) in [6.45, 7) is 8.41. The van der Waals surface area contributed by atoms with E-state index in [1.165, 1.54) is 6.20 Å². The number of nitrogens with zero attached hydrogens (tertiary/aromatic N) is 4. The van der Waals surface area contributed by atoms with Crippen LogP contribution >= 0.6 is 0 Å². The molecule has 2 aromatic heterocycles. The van der Waals surface area contributed by atoms with Crippen molar-refractivity contribution in [2.24, 2.45) is 5.92 Å². The molecule has 8 nitrogen and oxygen atoms in total. The van der Waals surface area contributed by atoms with Gasteiger partial charge in [-0.05, 0) is 58.2 Å². The number of hydrogen-bond donors (Lipinski definition) is 3. The number of piperidine rings is 1. The third-order valence-corrected chi connectivity index (χ3v) is 5.45. The lowest BCUT2D eigenvalue weighted by atomic mass is 9.74. The second-order valence-electron chi connectivity index (χ2n) is 9.25. The molecule has 1 aromatic carbocycles. The van der Waals surface area contributed by atoms with Crippen molar-refractivity contribution in [1.82, 2.24) is 30.7 Å². The van der Waals surface area contributed by atoms with Crippen LogP contribution in [0.5, 0.6) is 5.75 Å². The Morgan fingerprint density at radius 2 is 1.80 bits per heavy atom. The maximum atomic E-state index is 13.0. The summed E-state index contributed by atoms with van der Waals surface area (Å²) in [5.41, 5.74) is 2.33. The van der Waals surface area contributed by atoms with Crippen LogP contribution in [-0.2, 0) is 0 Å². The predicted molar refractivity (Wildman–Crippen MR) is 113 cm³/mol. The number of rotatable bonds is 4. The number of aromatic amines is 1. The summed E-state index contributed by atoms with van der Waals surface area (Å²) in [6, 6.07) is 5.25. The summed E-state index contributed by atoms with van der Waals surface area (Å²) in [5.74, 6) is -0.0692. The smallest absolute Gasteiger partial charge is 0.218 e. The molecular weight excluding hydrogens is 380 g/mol. The lowest BCUT2D eigenvalue weighted by Gasteiger charge is -2.45. The van der Waals surface area contributed by atoms with Gasteiger partial charge in [0.05, 0.1) is 12.4 Å². The molecule has 3 N–H and O–H groups in total. The minimum atomic E-state index is -0.161. The van der Waals surface area contributed by atoms with Crippen LogP contribution in [0.2, 0.25) is 0 Å². The van der Waals surface area contributed by atoms with E-state index in [2.05, 4.69) is 58.4 Å². The summed E-state index contributed by atoms with van der Waals surface area (Å²) in [5, 5.41) is 28.9. The van der Waals surface area contributed by atoms with Gasteiger partial charge in [-0.25, -0.2) is 4.98 Å². The van der Waals surface area contributed by atoms with Gasteiger partial charge in [0.2, 0.25) is 11.6 Å².